The number of alkyl halides is 3. The molecular weight excluding hydrogens is 377 g/mol. The van der Waals surface area contributed by atoms with E-state index in [2.05, 4.69) is 9.17 Å². The lowest BCUT2D eigenvalue weighted by Gasteiger charge is -2.26. The van der Waals surface area contributed by atoms with E-state index in [-0.39, 0.29) is 13.0 Å². The van der Waals surface area contributed by atoms with Crippen LogP contribution in [0.1, 0.15) is 32.0 Å². The van der Waals surface area contributed by atoms with Crippen LogP contribution in [0.25, 0.3) is 0 Å². The van der Waals surface area contributed by atoms with Gasteiger partial charge in [0.1, 0.15) is 5.60 Å². The lowest BCUT2D eigenvalue weighted by atomic mass is 10.1. The van der Waals surface area contributed by atoms with Gasteiger partial charge in [-0.25, -0.2) is 9.78 Å². The van der Waals surface area contributed by atoms with Crippen LogP contribution in [0.5, 0.6) is 5.88 Å². The molecule has 11 heteroatoms. The van der Waals surface area contributed by atoms with Crippen LogP contribution in [0, 0.1) is 0 Å². The molecule has 0 unspecified atom stereocenters. The number of nitrogens with zero attached hydrogens (tertiary/aromatic N) is 2. The minimum atomic E-state index is -5.78. The largest absolute Gasteiger partial charge is 0.534 e. The van der Waals surface area contributed by atoms with Crippen LogP contribution >= 0.6 is 0 Å². The summed E-state index contributed by atoms with van der Waals surface area (Å²) in [6.07, 6.45) is 0.146. The van der Waals surface area contributed by atoms with E-state index in [1.54, 1.807) is 20.8 Å². The highest BCUT2D eigenvalue weighted by Crippen LogP contribution is 2.27. The number of carbonyl (C=O) groups is 1. The standard InChI is InChI=1S/C15H19F3N2O5S/c1-14(2,3)24-13(21)20-8-6-10-4-5-12(19-11(10)7-9-20)25-26(22,23)15(16,17)18/h4-5H,6-9H2,1-3H3. The average molecular weight is 396 g/mol. The first-order valence-corrected chi connectivity index (χ1v) is 9.17. The minimum Gasteiger partial charge on any atom is -0.444 e. The monoisotopic (exact) mass is 396 g/mol. The summed E-state index contributed by atoms with van der Waals surface area (Å²) in [5, 5.41) is 0. The molecule has 7 nitrogen and oxygen atoms in total. The first-order chi connectivity index (χ1) is 11.8. The Bertz CT molecular complexity index is 787. The van der Waals surface area contributed by atoms with Gasteiger partial charge in [0.05, 0.1) is 0 Å². The van der Waals surface area contributed by atoms with E-state index in [1.165, 1.54) is 11.0 Å². The average Bonchev–Trinajstić information content (AvgIpc) is 2.66. The Morgan fingerprint density at radius 3 is 2.35 bits per heavy atom. The molecule has 2 heterocycles. The number of aromatic nitrogens is 1. The van der Waals surface area contributed by atoms with E-state index in [9.17, 15) is 26.4 Å². The number of hydrogen-bond donors (Lipinski definition) is 0. The second-order valence-corrected chi connectivity index (χ2v) is 8.24. The zero-order valence-electron chi connectivity index (χ0n) is 14.5. The van der Waals surface area contributed by atoms with Crippen LogP contribution in [0.3, 0.4) is 0 Å². The lowest BCUT2D eigenvalue weighted by molar-refractivity contribution is -0.0501. The van der Waals surface area contributed by atoms with Gasteiger partial charge in [0, 0.05) is 31.3 Å². The number of ether oxygens (including phenoxy) is 1. The maximum absolute atomic E-state index is 12.4. The second-order valence-electron chi connectivity index (χ2n) is 6.71. The van der Waals surface area contributed by atoms with E-state index in [1.807, 2.05) is 0 Å². The smallest absolute Gasteiger partial charge is 0.444 e. The van der Waals surface area contributed by atoms with Crippen LogP contribution in [0.15, 0.2) is 12.1 Å². The molecule has 0 bridgehead atoms. The van der Waals surface area contributed by atoms with Crippen molar-refractivity contribution in [1.82, 2.24) is 9.88 Å². The van der Waals surface area contributed by atoms with Crippen molar-refractivity contribution in [2.45, 2.75) is 44.7 Å². The number of fused-ring (bicyclic) bond motifs is 1. The Morgan fingerprint density at radius 1 is 1.15 bits per heavy atom. The van der Waals surface area contributed by atoms with Gasteiger partial charge in [-0.2, -0.15) is 21.6 Å². The molecule has 0 atom stereocenters. The molecule has 0 saturated carbocycles. The number of carbonyl (C=O) groups excluding carboxylic acids is 1. The fraction of sp³-hybridized carbons (Fsp3) is 0.600. The highest BCUT2D eigenvalue weighted by atomic mass is 32.2. The molecule has 0 radical (unpaired) electrons. The van der Waals surface area contributed by atoms with E-state index in [4.69, 9.17) is 4.74 Å². The Morgan fingerprint density at radius 2 is 1.77 bits per heavy atom. The summed E-state index contributed by atoms with van der Waals surface area (Å²) in [6.45, 7) is 5.81. The summed E-state index contributed by atoms with van der Waals surface area (Å²) in [7, 11) is -5.78. The predicted molar refractivity (Wildman–Crippen MR) is 85.1 cm³/mol. The molecule has 0 fully saturated rings. The van der Waals surface area contributed by atoms with Gasteiger partial charge in [-0.05, 0) is 32.8 Å². The molecule has 0 spiro atoms. The van der Waals surface area contributed by atoms with Crippen molar-refractivity contribution < 1.29 is 35.3 Å². The quantitative estimate of drug-likeness (QED) is 0.564. The van der Waals surface area contributed by atoms with E-state index in [0.717, 1.165) is 6.07 Å². The SMILES string of the molecule is CC(C)(C)OC(=O)N1CCc2ccc(OS(=O)(=O)C(F)(F)F)nc2CC1. The summed E-state index contributed by atoms with van der Waals surface area (Å²) >= 11 is 0. The summed E-state index contributed by atoms with van der Waals surface area (Å²) in [5.41, 5.74) is -5.10. The third-order valence-electron chi connectivity index (χ3n) is 3.44. The molecule has 0 N–H and O–H groups in total. The predicted octanol–water partition coefficient (Wildman–Crippen LogP) is 2.65. The van der Waals surface area contributed by atoms with E-state index < -0.39 is 33.2 Å². The van der Waals surface area contributed by atoms with Crippen molar-refractivity contribution in [3.63, 3.8) is 0 Å². The fourth-order valence-corrected chi connectivity index (χ4v) is 2.69. The molecule has 0 saturated heterocycles. The van der Waals surface area contributed by atoms with Gasteiger partial charge < -0.3 is 13.8 Å². The molecule has 1 amide bonds. The van der Waals surface area contributed by atoms with Gasteiger partial charge in [-0.3, -0.25) is 0 Å². The van der Waals surface area contributed by atoms with Crippen molar-refractivity contribution >= 4 is 16.2 Å². The molecule has 1 aromatic rings. The molecule has 1 aliphatic heterocycles. The Balaban J connectivity index is 2.13. The zero-order chi connectivity index (χ0) is 19.8. The normalized spacial score (nSPS) is 15.8. The Kier molecular flexibility index (Phi) is 5.41. The molecule has 146 valence electrons. The molecule has 0 aromatic carbocycles. The molecule has 1 aromatic heterocycles. The first kappa shape index (κ1) is 20.3. The van der Waals surface area contributed by atoms with Crippen molar-refractivity contribution in [1.29, 1.82) is 0 Å². The highest BCUT2D eigenvalue weighted by Gasteiger charge is 2.48. The number of pyridine rings is 1. The maximum atomic E-state index is 12.4. The second kappa shape index (κ2) is 6.93. The maximum Gasteiger partial charge on any atom is 0.534 e. The topological polar surface area (TPSA) is 85.8 Å². The minimum absolute atomic E-state index is 0.234. The molecular formula is C15H19F3N2O5S. The number of hydrogen-bond acceptors (Lipinski definition) is 6. The molecule has 2 rings (SSSR count). The van der Waals surface area contributed by atoms with Crippen LogP contribution in [0.4, 0.5) is 18.0 Å². The van der Waals surface area contributed by atoms with Crippen LogP contribution in [-0.4, -0.2) is 48.6 Å². The number of halogens is 3. The van der Waals surface area contributed by atoms with Crippen molar-refractivity contribution in [2.24, 2.45) is 0 Å². The van der Waals surface area contributed by atoms with Crippen molar-refractivity contribution in [2.75, 3.05) is 13.1 Å². The summed E-state index contributed by atoms with van der Waals surface area (Å²) in [6, 6.07) is 2.51. The van der Waals surface area contributed by atoms with E-state index in [0.29, 0.717) is 24.2 Å². The molecule has 26 heavy (non-hydrogen) atoms. The third-order valence-corrected chi connectivity index (χ3v) is 4.40. The highest BCUT2D eigenvalue weighted by molar-refractivity contribution is 7.87. The Labute approximate surface area is 149 Å². The van der Waals surface area contributed by atoms with Crippen LogP contribution < -0.4 is 4.18 Å². The summed E-state index contributed by atoms with van der Waals surface area (Å²) in [5.74, 6) is -0.660. The van der Waals surface area contributed by atoms with Crippen LogP contribution in [-0.2, 0) is 27.7 Å². The van der Waals surface area contributed by atoms with Gasteiger partial charge in [0.2, 0.25) is 5.88 Å². The summed E-state index contributed by atoms with van der Waals surface area (Å²) < 4.78 is 68.7. The van der Waals surface area contributed by atoms with E-state index >= 15 is 0 Å². The number of rotatable bonds is 2. The number of amides is 1. The zero-order valence-corrected chi connectivity index (χ0v) is 15.3. The van der Waals surface area contributed by atoms with Crippen LogP contribution in [0.2, 0.25) is 0 Å². The van der Waals surface area contributed by atoms with Gasteiger partial charge in [0.15, 0.2) is 0 Å². The summed E-state index contributed by atoms with van der Waals surface area (Å²) in [4.78, 5) is 17.5. The first-order valence-electron chi connectivity index (χ1n) is 7.76. The van der Waals surface area contributed by atoms with Gasteiger partial charge >= 0.3 is 21.7 Å². The third kappa shape index (κ3) is 4.99. The van der Waals surface area contributed by atoms with Gasteiger partial charge in [-0.15, -0.1) is 0 Å². The van der Waals surface area contributed by atoms with Crippen molar-refractivity contribution in [3.8, 4) is 5.88 Å². The van der Waals surface area contributed by atoms with Gasteiger partial charge in [-0.1, -0.05) is 6.07 Å². The Hall–Kier alpha value is -2.04. The van der Waals surface area contributed by atoms with Crippen molar-refractivity contribution in [3.05, 3.63) is 23.4 Å². The molecule has 0 aliphatic carbocycles. The lowest BCUT2D eigenvalue weighted by Crippen LogP contribution is -2.38. The van der Waals surface area contributed by atoms with Gasteiger partial charge in [0.25, 0.3) is 0 Å². The fourth-order valence-electron chi connectivity index (χ4n) is 2.28. The molecule has 1 aliphatic rings.